The number of hydrogen-bond donors (Lipinski definition) is 0. The maximum atomic E-state index is 9.04. The van der Waals surface area contributed by atoms with Gasteiger partial charge in [-0.2, -0.15) is 5.26 Å². The number of fused-ring (bicyclic) bond motifs is 1. The first kappa shape index (κ1) is 13.3. The fourth-order valence-electron chi connectivity index (χ4n) is 2.44. The van der Waals surface area contributed by atoms with Gasteiger partial charge in [-0.05, 0) is 36.2 Å². The number of aromatic nitrogens is 3. The second-order valence-electron chi connectivity index (χ2n) is 5.47. The molecule has 0 bridgehead atoms. The molecule has 0 aliphatic heterocycles. The summed E-state index contributed by atoms with van der Waals surface area (Å²) in [5, 5.41) is 9.04. The molecule has 0 saturated heterocycles. The average molecular weight is 276 g/mol. The number of pyridine rings is 1. The van der Waals surface area contributed by atoms with Gasteiger partial charge in [-0.3, -0.25) is 4.98 Å². The Labute approximate surface area is 123 Å². The first-order valence-electron chi connectivity index (χ1n) is 7.01. The third kappa shape index (κ3) is 2.50. The fourth-order valence-corrected chi connectivity index (χ4v) is 2.44. The van der Waals surface area contributed by atoms with E-state index in [1.165, 1.54) is 0 Å². The minimum absolute atomic E-state index is 0.500. The van der Waals surface area contributed by atoms with E-state index in [0.29, 0.717) is 11.5 Å². The van der Waals surface area contributed by atoms with Crippen LogP contribution in [0.1, 0.15) is 19.4 Å². The normalized spacial score (nSPS) is 11.0. The zero-order valence-corrected chi connectivity index (χ0v) is 12.1. The fraction of sp³-hybridized carbons (Fsp3) is 0.235. The van der Waals surface area contributed by atoms with Crippen LogP contribution in [0.25, 0.3) is 22.6 Å². The molecule has 0 atom stereocenters. The Morgan fingerprint density at radius 2 is 2.10 bits per heavy atom. The van der Waals surface area contributed by atoms with Crippen molar-refractivity contribution in [3.8, 4) is 17.6 Å². The molecule has 104 valence electrons. The van der Waals surface area contributed by atoms with Gasteiger partial charge in [0.2, 0.25) is 0 Å². The van der Waals surface area contributed by atoms with Gasteiger partial charge in [0, 0.05) is 12.7 Å². The van der Waals surface area contributed by atoms with Crippen LogP contribution in [0.5, 0.6) is 0 Å². The molecule has 0 unspecified atom stereocenters. The maximum absolute atomic E-state index is 9.04. The second-order valence-corrected chi connectivity index (χ2v) is 5.47. The lowest BCUT2D eigenvalue weighted by atomic mass is 10.2. The van der Waals surface area contributed by atoms with E-state index in [4.69, 9.17) is 10.2 Å². The predicted molar refractivity (Wildman–Crippen MR) is 82.5 cm³/mol. The molecule has 2 heterocycles. The SMILES string of the molecule is CC(C)Cn1c(-c2ccccn2)nc2cc(C#N)ccc21. The molecular formula is C17H16N4. The molecule has 4 nitrogen and oxygen atoms in total. The first-order valence-corrected chi connectivity index (χ1v) is 7.01. The molecule has 0 spiro atoms. The molecule has 0 fully saturated rings. The lowest BCUT2D eigenvalue weighted by molar-refractivity contribution is 0.536. The van der Waals surface area contributed by atoms with Crippen LogP contribution >= 0.6 is 0 Å². The van der Waals surface area contributed by atoms with E-state index in [1.54, 1.807) is 6.20 Å². The van der Waals surface area contributed by atoms with Crippen molar-refractivity contribution in [3.63, 3.8) is 0 Å². The maximum Gasteiger partial charge on any atom is 0.159 e. The molecule has 4 heteroatoms. The Morgan fingerprint density at radius 3 is 2.76 bits per heavy atom. The van der Waals surface area contributed by atoms with Crippen molar-refractivity contribution >= 4 is 11.0 Å². The highest BCUT2D eigenvalue weighted by molar-refractivity contribution is 5.81. The Balaban J connectivity index is 2.25. The number of imidazole rings is 1. The van der Waals surface area contributed by atoms with Crippen LogP contribution < -0.4 is 0 Å². The second kappa shape index (κ2) is 5.37. The molecule has 3 rings (SSSR count). The van der Waals surface area contributed by atoms with Gasteiger partial charge in [-0.1, -0.05) is 19.9 Å². The minimum Gasteiger partial charge on any atom is -0.322 e. The third-order valence-corrected chi connectivity index (χ3v) is 3.32. The van der Waals surface area contributed by atoms with Crippen LogP contribution in [0.15, 0.2) is 42.6 Å². The molecule has 1 aromatic carbocycles. The highest BCUT2D eigenvalue weighted by Gasteiger charge is 2.14. The van der Waals surface area contributed by atoms with Crippen LogP contribution in [0, 0.1) is 17.2 Å². The van der Waals surface area contributed by atoms with Crippen LogP contribution in [0.2, 0.25) is 0 Å². The molecule has 0 amide bonds. The average Bonchev–Trinajstić information content (AvgIpc) is 2.85. The van der Waals surface area contributed by atoms with E-state index in [9.17, 15) is 0 Å². The Bertz CT molecular complexity index is 810. The number of benzene rings is 1. The van der Waals surface area contributed by atoms with Crippen molar-refractivity contribution in [1.82, 2.24) is 14.5 Å². The monoisotopic (exact) mass is 276 g/mol. The van der Waals surface area contributed by atoms with Crippen molar-refractivity contribution in [1.29, 1.82) is 5.26 Å². The Hall–Kier alpha value is -2.67. The van der Waals surface area contributed by atoms with E-state index in [1.807, 2.05) is 36.4 Å². The Morgan fingerprint density at radius 1 is 1.24 bits per heavy atom. The Kier molecular flexibility index (Phi) is 3.41. The van der Waals surface area contributed by atoms with Crippen molar-refractivity contribution in [2.45, 2.75) is 20.4 Å². The summed E-state index contributed by atoms with van der Waals surface area (Å²) in [6.07, 6.45) is 1.77. The summed E-state index contributed by atoms with van der Waals surface area (Å²) in [5.41, 5.74) is 3.37. The molecule has 0 saturated carbocycles. The van der Waals surface area contributed by atoms with Crippen molar-refractivity contribution in [2.75, 3.05) is 0 Å². The van der Waals surface area contributed by atoms with E-state index in [2.05, 4.69) is 29.5 Å². The number of nitrogens with zero attached hydrogens (tertiary/aromatic N) is 4. The zero-order chi connectivity index (χ0) is 14.8. The summed E-state index contributed by atoms with van der Waals surface area (Å²) in [7, 11) is 0. The van der Waals surface area contributed by atoms with E-state index >= 15 is 0 Å². The molecule has 2 aromatic heterocycles. The van der Waals surface area contributed by atoms with E-state index < -0.39 is 0 Å². The molecule has 0 radical (unpaired) electrons. The standard InChI is InChI=1S/C17H16N4/c1-12(2)11-21-16-7-6-13(10-18)9-15(16)20-17(21)14-5-3-4-8-19-14/h3-9,12H,11H2,1-2H3. The van der Waals surface area contributed by atoms with Crippen LogP contribution in [-0.4, -0.2) is 14.5 Å². The van der Waals surface area contributed by atoms with Gasteiger partial charge in [0.1, 0.15) is 5.69 Å². The smallest absolute Gasteiger partial charge is 0.159 e. The molecule has 21 heavy (non-hydrogen) atoms. The summed E-state index contributed by atoms with van der Waals surface area (Å²) in [5.74, 6) is 1.36. The molecule has 0 N–H and O–H groups in total. The summed E-state index contributed by atoms with van der Waals surface area (Å²) in [6, 6.07) is 13.6. The molecular weight excluding hydrogens is 260 g/mol. The van der Waals surface area contributed by atoms with Gasteiger partial charge in [0.25, 0.3) is 0 Å². The molecule has 0 aliphatic rings. The van der Waals surface area contributed by atoms with Gasteiger partial charge in [0.05, 0.1) is 22.7 Å². The van der Waals surface area contributed by atoms with Crippen LogP contribution in [0.3, 0.4) is 0 Å². The molecule has 3 aromatic rings. The van der Waals surface area contributed by atoms with Crippen molar-refractivity contribution < 1.29 is 0 Å². The van der Waals surface area contributed by atoms with Gasteiger partial charge in [-0.25, -0.2) is 4.98 Å². The summed E-state index contributed by atoms with van der Waals surface area (Å²) in [4.78, 5) is 9.10. The molecule has 0 aliphatic carbocycles. The quantitative estimate of drug-likeness (QED) is 0.734. The van der Waals surface area contributed by atoms with E-state index in [0.717, 1.165) is 29.1 Å². The van der Waals surface area contributed by atoms with E-state index in [-0.39, 0.29) is 0 Å². The number of nitriles is 1. The predicted octanol–water partition coefficient (Wildman–Crippen LogP) is 3.63. The van der Waals surface area contributed by atoms with Gasteiger partial charge >= 0.3 is 0 Å². The lowest BCUT2D eigenvalue weighted by Gasteiger charge is -2.11. The van der Waals surface area contributed by atoms with Crippen molar-refractivity contribution in [2.24, 2.45) is 5.92 Å². The summed E-state index contributed by atoms with van der Waals surface area (Å²) in [6.45, 7) is 5.23. The largest absolute Gasteiger partial charge is 0.322 e. The minimum atomic E-state index is 0.500. The first-order chi connectivity index (χ1) is 10.2. The van der Waals surface area contributed by atoms with Gasteiger partial charge < -0.3 is 4.57 Å². The number of rotatable bonds is 3. The van der Waals surface area contributed by atoms with Gasteiger partial charge in [-0.15, -0.1) is 0 Å². The van der Waals surface area contributed by atoms with Gasteiger partial charge in [0.15, 0.2) is 5.82 Å². The third-order valence-electron chi connectivity index (χ3n) is 3.32. The zero-order valence-electron chi connectivity index (χ0n) is 12.1. The summed E-state index contributed by atoms with van der Waals surface area (Å²) < 4.78 is 2.18. The lowest BCUT2D eigenvalue weighted by Crippen LogP contribution is -2.06. The van der Waals surface area contributed by atoms with Crippen LogP contribution in [-0.2, 0) is 6.54 Å². The highest BCUT2D eigenvalue weighted by atomic mass is 15.1. The van der Waals surface area contributed by atoms with Crippen molar-refractivity contribution in [3.05, 3.63) is 48.2 Å². The highest BCUT2D eigenvalue weighted by Crippen LogP contribution is 2.25. The number of hydrogen-bond acceptors (Lipinski definition) is 3. The van der Waals surface area contributed by atoms with Crippen LogP contribution in [0.4, 0.5) is 0 Å². The summed E-state index contributed by atoms with van der Waals surface area (Å²) >= 11 is 0. The topological polar surface area (TPSA) is 54.5 Å².